The number of hydrogen-bond acceptors (Lipinski definition) is 7. The van der Waals surface area contributed by atoms with Crippen LogP contribution in [-0.2, 0) is 6.54 Å². The molecule has 1 aromatic heterocycles. The number of carbonyl (C=O) groups excluding carboxylic acids is 1. The molecule has 1 aromatic carbocycles. The third-order valence-corrected chi connectivity index (χ3v) is 6.88. The van der Waals surface area contributed by atoms with Gasteiger partial charge in [-0.05, 0) is 45.3 Å². The summed E-state index contributed by atoms with van der Waals surface area (Å²) in [5.41, 5.74) is 13.8. The Hall–Kier alpha value is -2.42. The van der Waals surface area contributed by atoms with Crippen LogP contribution in [0.5, 0.6) is 0 Å². The SMILES string of the molecule is Cc1ccc(CN2CCC(N3CCN(c4nc(N)c(C(N)=O)nc4Cl)C[C@@H]3C)CC2)cc1. The number of anilines is 2. The van der Waals surface area contributed by atoms with Crippen molar-refractivity contribution in [2.24, 2.45) is 5.73 Å². The minimum atomic E-state index is -0.727. The number of primary amides is 1. The third kappa shape index (κ3) is 4.98. The van der Waals surface area contributed by atoms with E-state index in [4.69, 9.17) is 23.1 Å². The lowest BCUT2D eigenvalue weighted by atomic mass is 9.99. The number of nitrogens with zero attached hydrogens (tertiary/aromatic N) is 5. The molecule has 4 N–H and O–H groups in total. The largest absolute Gasteiger partial charge is 0.382 e. The van der Waals surface area contributed by atoms with Crippen molar-refractivity contribution in [3.05, 3.63) is 46.2 Å². The molecule has 172 valence electrons. The summed E-state index contributed by atoms with van der Waals surface area (Å²) in [6.45, 7) is 10.1. The molecule has 2 aliphatic rings. The number of nitrogen functional groups attached to an aromatic ring is 1. The van der Waals surface area contributed by atoms with E-state index in [1.54, 1.807) is 0 Å². The summed E-state index contributed by atoms with van der Waals surface area (Å²) < 4.78 is 0. The van der Waals surface area contributed by atoms with Crippen molar-refractivity contribution in [3.63, 3.8) is 0 Å². The van der Waals surface area contributed by atoms with Gasteiger partial charge in [-0.15, -0.1) is 0 Å². The molecule has 4 rings (SSSR count). The second-order valence-electron chi connectivity index (χ2n) is 8.96. The predicted octanol–water partition coefficient (Wildman–Crippen LogP) is 2.29. The molecular formula is C23H32ClN7O. The number of halogens is 1. The number of piperazine rings is 1. The summed E-state index contributed by atoms with van der Waals surface area (Å²) in [7, 11) is 0. The standard InChI is InChI=1S/C23H32ClN7O/c1-15-3-5-17(6-4-15)14-29-9-7-18(8-10-29)31-12-11-30(13-16(31)2)23-20(24)27-19(22(26)32)21(25)28-23/h3-6,16,18H,7-14H2,1-2H3,(H2,25,28)(H2,26,32)/t16-/m0/s1. The van der Waals surface area contributed by atoms with Gasteiger partial charge in [-0.3, -0.25) is 14.6 Å². The lowest BCUT2D eigenvalue weighted by Crippen LogP contribution is -2.57. The Morgan fingerprint density at radius 3 is 2.44 bits per heavy atom. The van der Waals surface area contributed by atoms with E-state index >= 15 is 0 Å². The van der Waals surface area contributed by atoms with Gasteiger partial charge in [0.15, 0.2) is 22.5 Å². The van der Waals surface area contributed by atoms with Crippen LogP contribution in [0.3, 0.4) is 0 Å². The van der Waals surface area contributed by atoms with Gasteiger partial charge < -0.3 is 16.4 Å². The molecule has 0 bridgehead atoms. The quantitative estimate of drug-likeness (QED) is 0.709. The molecule has 0 spiro atoms. The number of aryl methyl sites for hydroxylation is 1. The van der Waals surface area contributed by atoms with Crippen molar-refractivity contribution in [1.82, 2.24) is 19.8 Å². The van der Waals surface area contributed by atoms with E-state index < -0.39 is 5.91 Å². The van der Waals surface area contributed by atoms with E-state index in [9.17, 15) is 4.79 Å². The highest BCUT2D eigenvalue weighted by atomic mass is 35.5. The molecule has 3 heterocycles. The van der Waals surface area contributed by atoms with E-state index in [2.05, 4.69) is 62.8 Å². The Bertz CT molecular complexity index is 960. The molecular weight excluding hydrogens is 426 g/mol. The van der Waals surface area contributed by atoms with Crippen LogP contribution in [0.1, 0.15) is 41.4 Å². The molecule has 1 atom stereocenters. The summed E-state index contributed by atoms with van der Waals surface area (Å²) in [5.74, 6) is -0.183. The first-order valence-electron chi connectivity index (χ1n) is 11.2. The molecule has 2 aromatic rings. The maximum atomic E-state index is 11.4. The van der Waals surface area contributed by atoms with Crippen LogP contribution in [0.15, 0.2) is 24.3 Å². The Morgan fingerprint density at radius 2 is 1.81 bits per heavy atom. The third-order valence-electron chi connectivity index (χ3n) is 6.63. The average Bonchev–Trinajstić information content (AvgIpc) is 2.77. The molecule has 8 nitrogen and oxygen atoms in total. The van der Waals surface area contributed by atoms with E-state index in [1.165, 1.54) is 24.0 Å². The molecule has 2 aliphatic heterocycles. The highest BCUT2D eigenvalue weighted by molar-refractivity contribution is 6.32. The number of nitrogens with two attached hydrogens (primary N) is 2. The Balaban J connectivity index is 1.33. The van der Waals surface area contributed by atoms with Crippen LogP contribution in [0.2, 0.25) is 5.15 Å². The normalized spacial score (nSPS) is 21.1. The number of rotatable bonds is 5. The lowest BCUT2D eigenvalue weighted by Gasteiger charge is -2.46. The summed E-state index contributed by atoms with van der Waals surface area (Å²) in [4.78, 5) is 27.1. The summed E-state index contributed by atoms with van der Waals surface area (Å²) in [6.07, 6.45) is 2.36. The number of likely N-dealkylation sites (tertiary alicyclic amines) is 1. The van der Waals surface area contributed by atoms with Gasteiger partial charge in [0.1, 0.15) is 0 Å². The minimum Gasteiger partial charge on any atom is -0.382 e. The van der Waals surface area contributed by atoms with Crippen LogP contribution in [0.4, 0.5) is 11.6 Å². The zero-order valence-corrected chi connectivity index (χ0v) is 19.6. The van der Waals surface area contributed by atoms with Crippen LogP contribution >= 0.6 is 11.6 Å². The van der Waals surface area contributed by atoms with Gasteiger partial charge in [0.05, 0.1) is 0 Å². The minimum absolute atomic E-state index is 0.0212. The van der Waals surface area contributed by atoms with Gasteiger partial charge in [-0.25, -0.2) is 9.97 Å². The Labute approximate surface area is 194 Å². The monoisotopic (exact) mass is 457 g/mol. The Kier molecular flexibility index (Phi) is 6.83. The highest BCUT2D eigenvalue weighted by Crippen LogP contribution is 2.29. The second kappa shape index (κ2) is 9.60. The van der Waals surface area contributed by atoms with Gasteiger partial charge in [0.2, 0.25) is 0 Å². The number of piperidine rings is 1. The number of hydrogen-bond donors (Lipinski definition) is 2. The maximum Gasteiger partial charge on any atom is 0.271 e. The van der Waals surface area contributed by atoms with Crippen molar-refractivity contribution in [2.75, 3.05) is 43.4 Å². The zero-order valence-electron chi connectivity index (χ0n) is 18.8. The number of amides is 1. The molecule has 0 saturated carbocycles. The Morgan fingerprint density at radius 1 is 1.12 bits per heavy atom. The van der Waals surface area contributed by atoms with Crippen LogP contribution in [-0.4, -0.2) is 70.5 Å². The van der Waals surface area contributed by atoms with Gasteiger partial charge in [0.25, 0.3) is 5.91 Å². The zero-order chi connectivity index (χ0) is 22.8. The first-order valence-corrected chi connectivity index (χ1v) is 11.6. The van der Waals surface area contributed by atoms with Crippen LogP contribution < -0.4 is 16.4 Å². The van der Waals surface area contributed by atoms with E-state index in [-0.39, 0.29) is 16.7 Å². The van der Waals surface area contributed by atoms with Crippen molar-refractivity contribution < 1.29 is 4.79 Å². The second-order valence-corrected chi connectivity index (χ2v) is 9.32. The first-order chi connectivity index (χ1) is 15.3. The summed E-state index contributed by atoms with van der Waals surface area (Å²) >= 11 is 6.30. The predicted molar refractivity (Wildman–Crippen MR) is 128 cm³/mol. The van der Waals surface area contributed by atoms with E-state index in [0.717, 1.165) is 39.3 Å². The fourth-order valence-electron chi connectivity index (χ4n) is 4.87. The average molecular weight is 458 g/mol. The van der Waals surface area contributed by atoms with E-state index in [1.807, 2.05) is 0 Å². The molecule has 2 fully saturated rings. The van der Waals surface area contributed by atoms with Crippen molar-refractivity contribution in [2.45, 2.75) is 45.3 Å². The first kappa shape index (κ1) is 22.8. The van der Waals surface area contributed by atoms with Crippen LogP contribution in [0.25, 0.3) is 0 Å². The number of aromatic nitrogens is 2. The molecule has 0 aliphatic carbocycles. The fourth-order valence-corrected chi connectivity index (χ4v) is 5.11. The maximum absolute atomic E-state index is 11.4. The fraction of sp³-hybridized carbons (Fsp3) is 0.522. The smallest absolute Gasteiger partial charge is 0.271 e. The van der Waals surface area contributed by atoms with Gasteiger partial charge in [-0.2, -0.15) is 0 Å². The molecule has 9 heteroatoms. The summed E-state index contributed by atoms with van der Waals surface area (Å²) in [6, 6.07) is 9.79. The van der Waals surface area contributed by atoms with Gasteiger partial charge >= 0.3 is 0 Å². The van der Waals surface area contributed by atoms with E-state index in [0.29, 0.717) is 17.9 Å². The van der Waals surface area contributed by atoms with Gasteiger partial charge in [-0.1, -0.05) is 41.4 Å². The molecule has 2 saturated heterocycles. The number of carbonyl (C=O) groups is 1. The van der Waals surface area contributed by atoms with Crippen molar-refractivity contribution >= 4 is 29.1 Å². The topological polar surface area (TPSA) is 105 Å². The number of benzene rings is 1. The van der Waals surface area contributed by atoms with Crippen LogP contribution in [0, 0.1) is 6.92 Å². The van der Waals surface area contributed by atoms with Gasteiger partial charge in [0, 0.05) is 38.3 Å². The molecule has 32 heavy (non-hydrogen) atoms. The lowest BCUT2D eigenvalue weighted by molar-refractivity contribution is 0.0690. The molecule has 1 amide bonds. The highest BCUT2D eigenvalue weighted by Gasteiger charge is 2.33. The summed E-state index contributed by atoms with van der Waals surface area (Å²) in [5, 5.41) is 0.165. The van der Waals surface area contributed by atoms with Crippen molar-refractivity contribution in [3.8, 4) is 0 Å². The molecule has 0 unspecified atom stereocenters. The molecule has 0 radical (unpaired) electrons. The van der Waals surface area contributed by atoms with Crippen molar-refractivity contribution in [1.29, 1.82) is 0 Å².